The topological polar surface area (TPSA) is 92.4 Å². The van der Waals surface area contributed by atoms with Crippen molar-refractivity contribution in [3.05, 3.63) is 60.4 Å². The Morgan fingerprint density at radius 1 is 1.28 bits per heavy atom. The van der Waals surface area contributed by atoms with Gasteiger partial charge in [0, 0.05) is 42.9 Å². The minimum absolute atomic E-state index is 0.0800. The molecule has 3 aromatic heterocycles. The molecule has 1 aliphatic rings. The van der Waals surface area contributed by atoms with Gasteiger partial charge in [-0.15, -0.1) is 0 Å². The molecule has 1 fully saturated rings. The van der Waals surface area contributed by atoms with Crippen molar-refractivity contribution in [2.75, 3.05) is 0 Å². The molecule has 128 valence electrons. The number of carbonyl (C=O) groups excluding carboxylic acids is 1. The average Bonchev–Trinajstić information content (AvgIpc) is 3.04. The number of imidazole rings is 1. The first-order valence-electron chi connectivity index (χ1n) is 8.37. The molecule has 4 rings (SSSR count). The summed E-state index contributed by atoms with van der Waals surface area (Å²) in [6, 6.07) is 7.46. The summed E-state index contributed by atoms with van der Waals surface area (Å²) in [6.07, 6.45) is 8.63. The van der Waals surface area contributed by atoms with Gasteiger partial charge in [0.25, 0.3) is 5.91 Å². The molecule has 3 aromatic rings. The van der Waals surface area contributed by atoms with Crippen LogP contribution in [0.15, 0.2) is 49.1 Å². The van der Waals surface area contributed by atoms with E-state index >= 15 is 0 Å². The summed E-state index contributed by atoms with van der Waals surface area (Å²) in [5.74, 6) is 0.511. The lowest BCUT2D eigenvalue weighted by molar-refractivity contribution is 0.0237. The molecule has 1 amide bonds. The van der Waals surface area contributed by atoms with Crippen molar-refractivity contribution in [2.24, 2.45) is 5.92 Å². The van der Waals surface area contributed by atoms with E-state index in [0.29, 0.717) is 30.7 Å². The first-order chi connectivity index (χ1) is 12.2. The third-order valence-electron chi connectivity index (χ3n) is 4.66. The molecule has 7 nitrogen and oxygen atoms in total. The maximum Gasteiger partial charge on any atom is 0.271 e. The van der Waals surface area contributed by atoms with Gasteiger partial charge in [-0.3, -0.25) is 14.2 Å². The van der Waals surface area contributed by atoms with Gasteiger partial charge in [0.15, 0.2) is 0 Å². The van der Waals surface area contributed by atoms with Crippen LogP contribution in [0.3, 0.4) is 0 Å². The van der Waals surface area contributed by atoms with Crippen LogP contribution in [-0.2, 0) is 6.42 Å². The van der Waals surface area contributed by atoms with Crippen LogP contribution in [0, 0.1) is 5.92 Å². The van der Waals surface area contributed by atoms with E-state index in [0.717, 1.165) is 5.69 Å². The van der Waals surface area contributed by atoms with E-state index in [4.69, 9.17) is 0 Å². The molecule has 0 spiro atoms. The van der Waals surface area contributed by atoms with Gasteiger partial charge in [0.05, 0.1) is 6.10 Å². The largest absolute Gasteiger partial charge is 0.393 e. The van der Waals surface area contributed by atoms with E-state index in [1.54, 1.807) is 35.3 Å². The lowest BCUT2D eigenvalue weighted by atomic mass is 9.76. The van der Waals surface area contributed by atoms with Gasteiger partial charge in [-0.05, 0) is 37.0 Å². The van der Waals surface area contributed by atoms with Crippen molar-refractivity contribution in [1.82, 2.24) is 24.7 Å². The number of hydrogen-bond donors (Lipinski definition) is 2. The maximum atomic E-state index is 12.6. The minimum atomic E-state index is -0.271. The Bertz CT molecular complexity index is 840. The van der Waals surface area contributed by atoms with Crippen LogP contribution in [0.25, 0.3) is 5.78 Å². The predicted octanol–water partition coefficient (Wildman–Crippen LogP) is 1.24. The molecule has 1 saturated carbocycles. The Labute approximate surface area is 144 Å². The SMILES string of the molecule is O=C(N[C@H](Cc1ccccn1)C1CC(O)C1)c1cn2cccnc2n1. The second-order valence-corrected chi connectivity index (χ2v) is 6.44. The Kier molecular flexibility index (Phi) is 4.15. The van der Waals surface area contributed by atoms with E-state index in [1.165, 1.54) is 0 Å². The van der Waals surface area contributed by atoms with Crippen molar-refractivity contribution in [1.29, 1.82) is 0 Å². The molecule has 1 atom stereocenters. The predicted molar refractivity (Wildman–Crippen MR) is 90.9 cm³/mol. The molecule has 2 N–H and O–H groups in total. The molecule has 3 heterocycles. The number of amides is 1. The van der Waals surface area contributed by atoms with Gasteiger partial charge in [0.1, 0.15) is 5.69 Å². The molecule has 0 aliphatic heterocycles. The van der Waals surface area contributed by atoms with Gasteiger partial charge >= 0.3 is 0 Å². The van der Waals surface area contributed by atoms with Gasteiger partial charge in [0.2, 0.25) is 5.78 Å². The zero-order valence-electron chi connectivity index (χ0n) is 13.6. The van der Waals surface area contributed by atoms with Crippen LogP contribution in [0.2, 0.25) is 0 Å². The van der Waals surface area contributed by atoms with Crippen LogP contribution in [-0.4, -0.2) is 42.5 Å². The quantitative estimate of drug-likeness (QED) is 0.731. The van der Waals surface area contributed by atoms with Crippen molar-refractivity contribution >= 4 is 11.7 Å². The summed E-state index contributed by atoms with van der Waals surface area (Å²) < 4.78 is 1.72. The molecule has 0 bridgehead atoms. The number of aromatic nitrogens is 4. The van der Waals surface area contributed by atoms with E-state index in [1.807, 2.05) is 18.2 Å². The minimum Gasteiger partial charge on any atom is -0.393 e. The van der Waals surface area contributed by atoms with Crippen LogP contribution in [0.4, 0.5) is 0 Å². The highest BCUT2D eigenvalue weighted by molar-refractivity contribution is 5.93. The highest BCUT2D eigenvalue weighted by Gasteiger charge is 2.35. The highest BCUT2D eigenvalue weighted by Crippen LogP contribution is 2.31. The van der Waals surface area contributed by atoms with Crippen LogP contribution >= 0.6 is 0 Å². The summed E-state index contributed by atoms with van der Waals surface area (Å²) in [6.45, 7) is 0. The van der Waals surface area contributed by atoms with Gasteiger partial charge in [-0.2, -0.15) is 0 Å². The second-order valence-electron chi connectivity index (χ2n) is 6.44. The monoisotopic (exact) mass is 337 g/mol. The number of fused-ring (bicyclic) bond motifs is 1. The Morgan fingerprint density at radius 3 is 2.84 bits per heavy atom. The normalized spacial score (nSPS) is 20.8. The number of nitrogens with zero attached hydrogens (tertiary/aromatic N) is 4. The lowest BCUT2D eigenvalue weighted by Gasteiger charge is -2.37. The number of pyridine rings is 1. The van der Waals surface area contributed by atoms with E-state index in [-0.39, 0.29) is 24.0 Å². The first kappa shape index (κ1) is 15.7. The molecule has 1 aliphatic carbocycles. The van der Waals surface area contributed by atoms with Crippen molar-refractivity contribution in [3.8, 4) is 0 Å². The third kappa shape index (κ3) is 3.36. The fraction of sp³-hybridized carbons (Fsp3) is 0.333. The molecular formula is C18H19N5O2. The molecule has 7 heteroatoms. The fourth-order valence-electron chi connectivity index (χ4n) is 3.22. The summed E-state index contributed by atoms with van der Waals surface area (Å²) in [4.78, 5) is 25.4. The van der Waals surface area contributed by atoms with Crippen molar-refractivity contribution in [2.45, 2.75) is 31.4 Å². The van der Waals surface area contributed by atoms with E-state index in [9.17, 15) is 9.90 Å². The average molecular weight is 337 g/mol. The summed E-state index contributed by atoms with van der Waals surface area (Å²) in [7, 11) is 0. The van der Waals surface area contributed by atoms with Gasteiger partial charge < -0.3 is 10.4 Å². The summed E-state index contributed by atoms with van der Waals surface area (Å²) in [5.41, 5.74) is 1.26. The molecular weight excluding hydrogens is 318 g/mol. The van der Waals surface area contributed by atoms with Crippen molar-refractivity contribution in [3.63, 3.8) is 0 Å². The number of nitrogens with one attached hydrogen (secondary N) is 1. The van der Waals surface area contributed by atoms with Crippen LogP contribution in [0.1, 0.15) is 29.0 Å². The Balaban J connectivity index is 1.51. The number of rotatable bonds is 5. The van der Waals surface area contributed by atoms with Crippen molar-refractivity contribution < 1.29 is 9.90 Å². The first-order valence-corrected chi connectivity index (χ1v) is 8.37. The second kappa shape index (κ2) is 6.60. The van der Waals surface area contributed by atoms with Crippen LogP contribution < -0.4 is 5.32 Å². The zero-order valence-corrected chi connectivity index (χ0v) is 13.6. The number of aliphatic hydroxyl groups is 1. The molecule has 0 unspecified atom stereocenters. The molecule has 0 radical (unpaired) electrons. The smallest absolute Gasteiger partial charge is 0.271 e. The van der Waals surface area contributed by atoms with E-state index < -0.39 is 0 Å². The molecule has 0 aromatic carbocycles. The van der Waals surface area contributed by atoms with Gasteiger partial charge in [-0.25, -0.2) is 9.97 Å². The number of hydrogen-bond acceptors (Lipinski definition) is 5. The lowest BCUT2D eigenvalue weighted by Crippen LogP contribution is -2.48. The molecule has 25 heavy (non-hydrogen) atoms. The Morgan fingerprint density at radius 2 is 2.12 bits per heavy atom. The summed E-state index contributed by atoms with van der Waals surface area (Å²) in [5, 5.41) is 12.7. The zero-order chi connectivity index (χ0) is 17.2. The highest BCUT2D eigenvalue weighted by atomic mass is 16.3. The number of aliphatic hydroxyl groups excluding tert-OH is 1. The summed E-state index contributed by atoms with van der Waals surface area (Å²) >= 11 is 0. The standard InChI is InChI=1S/C18H19N5O2/c24-14-8-12(9-14)15(10-13-4-1-2-5-19-13)21-17(25)16-11-23-7-3-6-20-18(23)22-16/h1-7,11-12,14-15,24H,8-10H2,(H,21,25)/t12?,14?,15-/m1/s1. The third-order valence-corrected chi connectivity index (χ3v) is 4.66. The maximum absolute atomic E-state index is 12.6. The number of carbonyl (C=O) groups is 1. The van der Waals surface area contributed by atoms with E-state index in [2.05, 4.69) is 20.3 Å². The molecule has 0 saturated heterocycles. The van der Waals surface area contributed by atoms with Gasteiger partial charge in [-0.1, -0.05) is 6.07 Å². The Hall–Kier alpha value is -2.80. The fourth-order valence-corrected chi connectivity index (χ4v) is 3.22. The van der Waals surface area contributed by atoms with Crippen LogP contribution in [0.5, 0.6) is 0 Å².